The average molecular weight is 469 g/mol. The first kappa shape index (κ1) is 24.3. The minimum absolute atomic E-state index is 0.00416. The number of nitrogens with one attached hydrogen (secondary N) is 2. The van der Waals surface area contributed by atoms with Gasteiger partial charge in [0.1, 0.15) is 12.4 Å². The number of aromatic nitrogens is 2. The predicted octanol–water partition coefficient (Wildman–Crippen LogP) is 3.53. The van der Waals surface area contributed by atoms with E-state index < -0.39 is 22.0 Å². The fraction of sp³-hybridized carbons (Fsp3) is 0.292. The Labute approximate surface area is 194 Å². The number of hydrogen-bond acceptors (Lipinski definition) is 6. The summed E-state index contributed by atoms with van der Waals surface area (Å²) < 4.78 is 28.7. The highest BCUT2D eigenvalue weighted by Crippen LogP contribution is 2.25. The van der Waals surface area contributed by atoms with Crippen molar-refractivity contribution in [2.45, 2.75) is 43.7 Å². The van der Waals surface area contributed by atoms with Gasteiger partial charge in [0.25, 0.3) is 10.0 Å². The maximum atomic E-state index is 13.0. The van der Waals surface area contributed by atoms with Gasteiger partial charge in [-0.25, -0.2) is 23.1 Å². The van der Waals surface area contributed by atoms with E-state index in [1.54, 1.807) is 30.3 Å². The molecule has 3 aromatic rings. The number of benzene rings is 1. The zero-order chi connectivity index (χ0) is 24.1. The van der Waals surface area contributed by atoms with Crippen molar-refractivity contribution in [2.24, 2.45) is 0 Å². The second-order valence-corrected chi connectivity index (χ2v) is 10.3. The quantitative estimate of drug-likeness (QED) is 0.439. The molecule has 0 amide bonds. The van der Waals surface area contributed by atoms with Crippen LogP contribution in [0, 0.1) is 0 Å². The summed E-state index contributed by atoms with van der Waals surface area (Å²) in [6.07, 6.45) is 1.77. The number of anilines is 1. The Morgan fingerprint density at radius 2 is 1.76 bits per heavy atom. The third-order valence-corrected chi connectivity index (χ3v) is 6.41. The highest BCUT2D eigenvalue weighted by Gasteiger charge is 2.24. The van der Waals surface area contributed by atoms with E-state index in [1.165, 1.54) is 17.8 Å². The molecule has 0 saturated heterocycles. The SMILES string of the molecule is CC(C)(C)c1ccc(CC(NS(=O)(=O)c2ccccn2)c2cccc(NCC(=O)O)n2)cc1. The van der Waals surface area contributed by atoms with Gasteiger partial charge in [0.2, 0.25) is 0 Å². The van der Waals surface area contributed by atoms with Crippen LogP contribution in [0.1, 0.15) is 43.6 Å². The van der Waals surface area contributed by atoms with Crippen molar-refractivity contribution in [3.05, 3.63) is 83.7 Å². The first-order chi connectivity index (χ1) is 15.5. The molecule has 3 N–H and O–H groups in total. The molecule has 0 aliphatic heterocycles. The number of carbonyl (C=O) groups is 1. The van der Waals surface area contributed by atoms with E-state index >= 15 is 0 Å². The third-order valence-electron chi connectivity index (χ3n) is 5.02. The summed E-state index contributed by atoms with van der Waals surface area (Å²) >= 11 is 0. The van der Waals surface area contributed by atoms with Crippen molar-refractivity contribution in [1.82, 2.24) is 14.7 Å². The van der Waals surface area contributed by atoms with Crippen LogP contribution in [0.2, 0.25) is 0 Å². The highest BCUT2D eigenvalue weighted by molar-refractivity contribution is 7.89. The maximum Gasteiger partial charge on any atom is 0.322 e. The molecule has 0 aliphatic carbocycles. The molecule has 3 rings (SSSR count). The maximum absolute atomic E-state index is 13.0. The third kappa shape index (κ3) is 6.84. The van der Waals surface area contributed by atoms with Crippen molar-refractivity contribution in [2.75, 3.05) is 11.9 Å². The lowest BCUT2D eigenvalue weighted by Crippen LogP contribution is -2.31. The predicted molar refractivity (Wildman–Crippen MR) is 127 cm³/mol. The number of aliphatic carboxylic acids is 1. The summed E-state index contributed by atoms with van der Waals surface area (Å²) in [5.74, 6) is -0.673. The first-order valence-electron chi connectivity index (χ1n) is 10.5. The first-order valence-corrected chi connectivity index (χ1v) is 12.0. The molecule has 1 unspecified atom stereocenters. The van der Waals surface area contributed by atoms with Crippen molar-refractivity contribution >= 4 is 21.8 Å². The van der Waals surface area contributed by atoms with E-state index in [0.717, 1.165) is 5.56 Å². The summed E-state index contributed by atoms with van der Waals surface area (Å²) in [7, 11) is -3.91. The molecule has 2 aromatic heterocycles. The van der Waals surface area contributed by atoms with Crippen LogP contribution in [-0.2, 0) is 26.7 Å². The molecule has 1 atom stereocenters. The summed E-state index contributed by atoms with van der Waals surface area (Å²) in [4.78, 5) is 19.3. The van der Waals surface area contributed by atoms with E-state index in [-0.39, 0.29) is 17.0 Å². The van der Waals surface area contributed by atoms with Crippen molar-refractivity contribution < 1.29 is 18.3 Å². The van der Waals surface area contributed by atoms with E-state index in [9.17, 15) is 13.2 Å². The summed E-state index contributed by atoms with van der Waals surface area (Å²) in [5, 5.41) is 11.6. The summed E-state index contributed by atoms with van der Waals surface area (Å²) in [6.45, 7) is 6.09. The molecule has 0 radical (unpaired) electrons. The summed E-state index contributed by atoms with van der Waals surface area (Å²) in [5.41, 5.74) is 2.58. The number of hydrogen-bond donors (Lipinski definition) is 3. The lowest BCUT2D eigenvalue weighted by molar-refractivity contribution is -0.134. The van der Waals surface area contributed by atoms with E-state index in [4.69, 9.17) is 5.11 Å². The average Bonchev–Trinajstić information content (AvgIpc) is 2.78. The van der Waals surface area contributed by atoms with Crippen LogP contribution in [0.3, 0.4) is 0 Å². The zero-order valence-corrected chi connectivity index (χ0v) is 19.6. The Kier molecular flexibility index (Phi) is 7.45. The van der Waals surface area contributed by atoms with Crippen LogP contribution in [0.4, 0.5) is 5.82 Å². The number of carboxylic acid groups (broad SMARTS) is 1. The summed E-state index contributed by atoms with van der Waals surface area (Å²) in [6, 6.07) is 17.1. The topological polar surface area (TPSA) is 121 Å². The van der Waals surface area contributed by atoms with Gasteiger partial charge in [-0.2, -0.15) is 0 Å². The molecular formula is C24H28N4O4S. The zero-order valence-electron chi connectivity index (χ0n) is 18.8. The molecule has 174 valence electrons. The van der Waals surface area contributed by atoms with Gasteiger partial charge in [-0.05, 0) is 47.2 Å². The molecule has 33 heavy (non-hydrogen) atoms. The monoisotopic (exact) mass is 468 g/mol. The number of nitrogens with zero attached hydrogens (tertiary/aromatic N) is 2. The molecule has 0 spiro atoms. The number of carboxylic acids is 1. The molecule has 0 saturated carbocycles. The number of pyridine rings is 2. The van der Waals surface area contributed by atoms with Crippen molar-refractivity contribution in [1.29, 1.82) is 0 Å². The van der Waals surface area contributed by atoms with Gasteiger partial charge in [0, 0.05) is 6.20 Å². The van der Waals surface area contributed by atoms with Gasteiger partial charge in [0.05, 0.1) is 11.7 Å². The standard InChI is InChI=1S/C24H28N4O4S/c1-24(2,3)18-12-10-17(11-13-18)15-20(28-33(31,32)22-9-4-5-14-25-22)19-7-6-8-21(27-19)26-16-23(29)30/h4-14,20,28H,15-16H2,1-3H3,(H,26,27)(H,29,30). The number of sulfonamides is 1. The Hall–Kier alpha value is -3.30. The van der Waals surface area contributed by atoms with Crippen LogP contribution < -0.4 is 10.0 Å². The second kappa shape index (κ2) is 10.1. The largest absolute Gasteiger partial charge is 0.480 e. The van der Waals surface area contributed by atoms with E-state index in [0.29, 0.717) is 17.9 Å². The van der Waals surface area contributed by atoms with Gasteiger partial charge in [-0.15, -0.1) is 0 Å². The molecule has 0 bridgehead atoms. The molecule has 1 aromatic carbocycles. The number of rotatable bonds is 9. The molecule has 0 fully saturated rings. The van der Waals surface area contributed by atoms with Crippen LogP contribution in [0.5, 0.6) is 0 Å². The minimum Gasteiger partial charge on any atom is -0.480 e. The molecule has 8 nitrogen and oxygen atoms in total. The second-order valence-electron chi connectivity index (χ2n) is 8.69. The molecular weight excluding hydrogens is 440 g/mol. The van der Waals surface area contributed by atoms with Gasteiger partial charge < -0.3 is 10.4 Å². The van der Waals surface area contributed by atoms with Crippen molar-refractivity contribution in [3.8, 4) is 0 Å². The van der Waals surface area contributed by atoms with Crippen LogP contribution in [-0.4, -0.2) is 36.0 Å². The van der Waals surface area contributed by atoms with Crippen molar-refractivity contribution in [3.63, 3.8) is 0 Å². The van der Waals surface area contributed by atoms with Crippen LogP contribution in [0.25, 0.3) is 0 Å². The van der Waals surface area contributed by atoms with Gasteiger partial charge >= 0.3 is 5.97 Å². The lowest BCUT2D eigenvalue weighted by Gasteiger charge is -2.21. The molecule has 9 heteroatoms. The fourth-order valence-electron chi connectivity index (χ4n) is 3.25. The Balaban J connectivity index is 1.93. The van der Waals surface area contributed by atoms with Crippen LogP contribution >= 0.6 is 0 Å². The van der Waals surface area contributed by atoms with E-state index in [2.05, 4.69) is 40.8 Å². The Morgan fingerprint density at radius 1 is 1.03 bits per heavy atom. The van der Waals surface area contributed by atoms with E-state index in [1.807, 2.05) is 24.3 Å². The highest BCUT2D eigenvalue weighted by atomic mass is 32.2. The fourth-order valence-corrected chi connectivity index (χ4v) is 4.40. The lowest BCUT2D eigenvalue weighted by atomic mass is 9.86. The van der Waals surface area contributed by atoms with Gasteiger partial charge in [-0.3, -0.25) is 4.79 Å². The smallest absolute Gasteiger partial charge is 0.322 e. The van der Waals surface area contributed by atoms with Crippen LogP contribution in [0.15, 0.2) is 71.9 Å². The molecule has 2 heterocycles. The Morgan fingerprint density at radius 3 is 2.36 bits per heavy atom. The molecule has 0 aliphatic rings. The van der Waals surface area contributed by atoms with Gasteiger partial charge in [0.15, 0.2) is 5.03 Å². The minimum atomic E-state index is -3.91. The normalized spacial score (nSPS) is 12.8. The van der Waals surface area contributed by atoms with Gasteiger partial charge in [-0.1, -0.05) is 57.2 Å². The Bertz CT molecular complexity index is 1190.